The lowest BCUT2D eigenvalue weighted by atomic mass is 9.87. The Kier molecular flexibility index (Phi) is 3.91. The number of nitrogens with one attached hydrogen (secondary N) is 2. The summed E-state index contributed by atoms with van der Waals surface area (Å²) in [5, 5.41) is 6.26. The van der Waals surface area contributed by atoms with Crippen LogP contribution in [0.4, 0.5) is 5.69 Å². The molecule has 0 spiro atoms. The largest absolute Gasteiger partial charge is 0.387 e. The van der Waals surface area contributed by atoms with Gasteiger partial charge in [-0.05, 0) is 42.5 Å². The highest BCUT2D eigenvalue weighted by atomic mass is 16.1. The van der Waals surface area contributed by atoms with E-state index in [1.165, 1.54) is 11.1 Å². The lowest BCUT2D eigenvalue weighted by Crippen LogP contribution is -2.31. The van der Waals surface area contributed by atoms with E-state index in [0.717, 1.165) is 24.9 Å². The predicted molar refractivity (Wildman–Crippen MR) is 85.6 cm³/mol. The number of hydrogen-bond acceptors (Lipinski definition) is 2. The molecule has 1 amide bonds. The number of aryl methyl sites for hydroxylation is 1. The monoisotopic (exact) mass is 280 g/mol. The summed E-state index contributed by atoms with van der Waals surface area (Å²) < 4.78 is 0. The fraction of sp³-hybridized carbons (Fsp3) is 0.278. The molecule has 21 heavy (non-hydrogen) atoms. The van der Waals surface area contributed by atoms with E-state index in [9.17, 15) is 4.79 Å². The minimum Gasteiger partial charge on any atom is -0.387 e. The number of hydrogen-bond donors (Lipinski definition) is 2. The molecule has 0 aromatic heterocycles. The molecule has 0 saturated carbocycles. The molecule has 1 aliphatic carbocycles. The first kappa shape index (κ1) is 13.7. The molecule has 1 unspecified atom stereocenters. The average Bonchev–Trinajstić information content (AvgIpc) is 2.55. The topological polar surface area (TPSA) is 41.1 Å². The van der Waals surface area contributed by atoms with Crippen LogP contribution in [0.1, 0.15) is 40.4 Å². The first-order valence-electron chi connectivity index (χ1n) is 7.45. The molecule has 3 nitrogen and oxygen atoms in total. The van der Waals surface area contributed by atoms with Crippen LogP contribution in [0.2, 0.25) is 0 Å². The van der Waals surface area contributed by atoms with Crippen LogP contribution < -0.4 is 10.6 Å². The van der Waals surface area contributed by atoms with Gasteiger partial charge in [0, 0.05) is 12.7 Å². The van der Waals surface area contributed by atoms with E-state index in [-0.39, 0.29) is 11.9 Å². The minimum absolute atomic E-state index is 0.0124. The normalized spacial score (nSPS) is 16.9. The zero-order chi connectivity index (χ0) is 14.7. The third-order valence-electron chi connectivity index (χ3n) is 4.12. The van der Waals surface area contributed by atoms with Gasteiger partial charge in [-0.3, -0.25) is 4.79 Å². The van der Waals surface area contributed by atoms with Crippen molar-refractivity contribution in [2.24, 2.45) is 0 Å². The third-order valence-corrected chi connectivity index (χ3v) is 4.12. The Labute approximate surface area is 125 Å². The van der Waals surface area contributed by atoms with Gasteiger partial charge in [-0.1, -0.05) is 36.4 Å². The molecule has 2 aromatic carbocycles. The van der Waals surface area contributed by atoms with Crippen LogP contribution in [0, 0.1) is 0 Å². The Balaban J connectivity index is 1.83. The fourth-order valence-corrected chi connectivity index (χ4v) is 3.04. The van der Waals surface area contributed by atoms with E-state index in [2.05, 4.69) is 28.8 Å². The average molecular weight is 280 g/mol. The molecule has 0 fully saturated rings. The number of benzene rings is 2. The van der Waals surface area contributed by atoms with Crippen molar-refractivity contribution in [2.75, 3.05) is 12.4 Å². The fourth-order valence-electron chi connectivity index (χ4n) is 3.04. The summed E-state index contributed by atoms with van der Waals surface area (Å²) in [5.41, 5.74) is 4.18. The van der Waals surface area contributed by atoms with Gasteiger partial charge in [0.2, 0.25) is 0 Å². The zero-order valence-corrected chi connectivity index (χ0v) is 12.2. The molecule has 0 heterocycles. The molecule has 3 rings (SSSR count). The number of rotatable bonds is 3. The maximum absolute atomic E-state index is 12.6. The molecular formula is C18H20N2O. The van der Waals surface area contributed by atoms with Crippen LogP contribution in [0.3, 0.4) is 0 Å². The summed E-state index contributed by atoms with van der Waals surface area (Å²) in [6.07, 6.45) is 3.23. The van der Waals surface area contributed by atoms with Gasteiger partial charge in [-0.25, -0.2) is 0 Å². The van der Waals surface area contributed by atoms with Crippen LogP contribution in [-0.2, 0) is 6.42 Å². The van der Waals surface area contributed by atoms with Gasteiger partial charge in [-0.2, -0.15) is 0 Å². The second kappa shape index (κ2) is 6.00. The van der Waals surface area contributed by atoms with E-state index < -0.39 is 0 Å². The van der Waals surface area contributed by atoms with Crippen molar-refractivity contribution < 1.29 is 4.79 Å². The summed E-state index contributed by atoms with van der Waals surface area (Å²) in [7, 11) is 1.84. The van der Waals surface area contributed by atoms with Gasteiger partial charge in [0.05, 0.1) is 11.6 Å². The quantitative estimate of drug-likeness (QED) is 0.903. The molecule has 0 saturated heterocycles. The molecule has 3 heteroatoms. The van der Waals surface area contributed by atoms with Crippen molar-refractivity contribution in [1.29, 1.82) is 0 Å². The second-order valence-corrected chi connectivity index (χ2v) is 5.41. The lowest BCUT2D eigenvalue weighted by Gasteiger charge is -2.26. The van der Waals surface area contributed by atoms with Crippen LogP contribution >= 0.6 is 0 Å². The van der Waals surface area contributed by atoms with Crippen LogP contribution in [0.15, 0.2) is 48.5 Å². The maximum atomic E-state index is 12.6. The smallest absolute Gasteiger partial charge is 0.253 e. The highest BCUT2D eigenvalue weighted by molar-refractivity contribution is 5.99. The van der Waals surface area contributed by atoms with Gasteiger partial charge in [-0.15, -0.1) is 0 Å². The lowest BCUT2D eigenvalue weighted by molar-refractivity contribution is 0.0933. The molecule has 0 radical (unpaired) electrons. The van der Waals surface area contributed by atoms with Crippen molar-refractivity contribution in [3.63, 3.8) is 0 Å². The Bertz CT molecular complexity index is 651. The van der Waals surface area contributed by atoms with Crippen molar-refractivity contribution in [2.45, 2.75) is 25.3 Å². The highest BCUT2D eigenvalue weighted by Crippen LogP contribution is 2.30. The minimum atomic E-state index is -0.0124. The summed E-state index contributed by atoms with van der Waals surface area (Å²) >= 11 is 0. The van der Waals surface area contributed by atoms with Crippen molar-refractivity contribution in [1.82, 2.24) is 5.32 Å². The first-order valence-corrected chi connectivity index (χ1v) is 7.45. The number of carbonyl (C=O) groups is 1. The number of para-hydroxylation sites is 1. The molecule has 108 valence electrons. The summed E-state index contributed by atoms with van der Waals surface area (Å²) in [6.45, 7) is 0. The Morgan fingerprint density at radius 1 is 1.10 bits per heavy atom. The molecule has 1 aliphatic rings. The number of amides is 1. The number of fused-ring (bicyclic) bond motifs is 1. The second-order valence-electron chi connectivity index (χ2n) is 5.41. The SMILES string of the molecule is CNc1ccccc1C(=O)NC1CCCc2ccccc21. The van der Waals surface area contributed by atoms with Crippen LogP contribution in [-0.4, -0.2) is 13.0 Å². The Morgan fingerprint density at radius 3 is 2.71 bits per heavy atom. The highest BCUT2D eigenvalue weighted by Gasteiger charge is 2.22. The molecule has 0 aliphatic heterocycles. The van der Waals surface area contributed by atoms with Crippen LogP contribution in [0.25, 0.3) is 0 Å². The predicted octanol–water partition coefficient (Wildman–Crippen LogP) is 3.54. The summed E-state index contributed by atoms with van der Waals surface area (Å²) in [4.78, 5) is 12.6. The summed E-state index contributed by atoms with van der Waals surface area (Å²) in [6, 6.07) is 16.1. The van der Waals surface area contributed by atoms with Gasteiger partial charge >= 0.3 is 0 Å². The van der Waals surface area contributed by atoms with E-state index in [1.807, 2.05) is 37.4 Å². The Morgan fingerprint density at radius 2 is 1.86 bits per heavy atom. The number of carbonyl (C=O) groups excluding carboxylic acids is 1. The van der Waals surface area contributed by atoms with Crippen molar-refractivity contribution in [3.8, 4) is 0 Å². The standard InChI is InChI=1S/C18H20N2O/c1-19-16-11-5-4-10-15(16)18(21)20-17-12-6-8-13-7-2-3-9-14(13)17/h2-5,7,9-11,17,19H,6,8,12H2,1H3,(H,20,21). The van der Waals surface area contributed by atoms with Gasteiger partial charge in [0.25, 0.3) is 5.91 Å². The van der Waals surface area contributed by atoms with Gasteiger partial charge < -0.3 is 10.6 Å². The van der Waals surface area contributed by atoms with E-state index >= 15 is 0 Å². The van der Waals surface area contributed by atoms with Crippen molar-refractivity contribution in [3.05, 3.63) is 65.2 Å². The Hall–Kier alpha value is -2.29. The summed E-state index contributed by atoms with van der Waals surface area (Å²) in [5.74, 6) is -0.0124. The number of anilines is 1. The van der Waals surface area contributed by atoms with E-state index in [4.69, 9.17) is 0 Å². The molecule has 0 bridgehead atoms. The van der Waals surface area contributed by atoms with Crippen LogP contribution in [0.5, 0.6) is 0 Å². The van der Waals surface area contributed by atoms with E-state index in [0.29, 0.717) is 5.56 Å². The molecule has 2 N–H and O–H groups in total. The molecule has 1 atom stereocenters. The van der Waals surface area contributed by atoms with Gasteiger partial charge in [0.15, 0.2) is 0 Å². The van der Waals surface area contributed by atoms with Gasteiger partial charge in [0.1, 0.15) is 0 Å². The molecule has 2 aromatic rings. The zero-order valence-electron chi connectivity index (χ0n) is 12.2. The van der Waals surface area contributed by atoms with Crippen molar-refractivity contribution >= 4 is 11.6 Å². The first-order chi connectivity index (χ1) is 10.3. The maximum Gasteiger partial charge on any atom is 0.253 e. The molecular weight excluding hydrogens is 260 g/mol. The third kappa shape index (κ3) is 2.77. The van der Waals surface area contributed by atoms with E-state index in [1.54, 1.807) is 0 Å².